The van der Waals surface area contributed by atoms with E-state index in [9.17, 15) is 0 Å². The molecule has 0 unspecified atom stereocenters. The van der Waals surface area contributed by atoms with E-state index < -0.39 is 0 Å². The number of rotatable bonds is 6. The average Bonchev–Trinajstić information content (AvgIpc) is 2.44. The van der Waals surface area contributed by atoms with Crippen LogP contribution in [0.25, 0.3) is 0 Å². The lowest BCUT2D eigenvalue weighted by atomic mass is 10.3. The Kier molecular flexibility index (Phi) is 5.43. The van der Waals surface area contributed by atoms with E-state index in [1.165, 1.54) is 0 Å². The average molecular weight is 259 g/mol. The van der Waals surface area contributed by atoms with Gasteiger partial charge in [-0.1, -0.05) is 25.4 Å². The van der Waals surface area contributed by atoms with Gasteiger partial charge in [-0.25, -0.2) is 0 Å². The molecule has 98 valence electrons. The maximum absolute atomic E-state index is 6.22. The molecule has 0 atom stereocenters. The van der Waals surface area contributed by atoms with Crippen molar-refractivity contribution >= 4 is 11.6 Å². The molecule has 0 aliphatic heterocycles. The van der Waals surface area contributed by atoms with Crippen LogP contribution < -0.4 is 5.32 Å². The van der Waals surface area contributed by atoms with Crippen LogP contribution in [0.15, 0.2) is 0 Å². The first-order chi connectivity index (χ1) is 7.91. The molecule has 0 saturated heterocycles. The monoisotopic (exact) mass is 258 g/mol. The van der Waals surface area contributed by atoms with E-state index in [0.717, 1.165) is 36.0 Å². The summed E-state index contributed by atoms with van der Waals surface area (Å²) < 4.78 is 1.87. The molecule has 5 heteroatoms. The first-order valence-corrected chi connectivity index (χ1v) is 6.39. The summed E-state index contributed by atoms with van der Waals surface area (Å²) in [5.41, 5.74) is 1.98. The van der Waals surface area contributed by atoms with Gasteiger partial charge in [-0.2, -0.15) is 5.10 Å². The van der Waals surface area contributed by atoms with Gasteiger partial charge in [0.05, 0.1) is 16.4 Å². The van der Waals surface area contributed by atoms with Crippen molar-refractivity contribution < 1.29 is 0 Å². The Morgan fingerprint density at radius 1 is 1.47 bits per heavy atom. The normalized spacial score (nSPS) is 11.8. The molecule has 1 aromatic heterocycles. The number of halogens is 1. The minimum atomic E-state index is 0.533. The quantitative estimate of drug-likeness (QED) is 0.845. The number of hydrogen-bond acceptors (Lipinski definition) is 3. The van der Waals surface area contributed by atoms with E-state index in [-0.39, 0.29) is 0 Å². The zero-order valence-corrected chi connectivity index (χ0v) is 12.2. The van der Waals surface area contributed by atoms with Crippen molar-refractivity contribution in [2.45, 2.75) is 33.4 Å². The number of aryl methyl sites for hydroxylation is 2. The van der Waals surface area contributed by atoms with Crippen molar-refractivity contribution in [2.24, 2.45) is 7.05 Å². The fraction of sp³-hybridized carbons (Fsp3) is 0.750. The Morgan fingerprint density at radius 3 is 2.59 bits per heavy atom. The van der Waals surface area contributed by atoms with Crippen LogP contribution >= 0.6 is 11.6 Å². The lowest BCUT2D eigenvalue weighted by molar-refractivity contribution is 0.311. The van der Waals surface area contributed by atoms with Gasteiger partial charge in [0.1, 0.15) is 0 Å². The van der Waals surface area contributed by atoms with Gasteiger partial charge >= 0.3 is 0 Å². The third-order valence-corrected chi connectivity index (χ3v) is 3.22. The first-order valence-electron chi connectivity index (χ1n) is 6.01. The van der Waals surface area contributed by atoms with Crippen molar-refractivity contribution in [1.29, 1.82) is 0 Å². The highest BCUT2D eigenvalue weighted by atomic mass is 35.5. The largest absolute Gasteiger partial charge is 0.313 e. The van der Waals surface area contributed by atoms with Crippen LogP contribution in [0.3, 0.4) is 0 Å². The topological polar surface area (TPSA) is 33.1 Å². The van der Waals surface area contributed by atoms with E-state index in [4.69, 9.17) is 11.6 Å². The van der Waals surface area contributed by atoms with Crippen LogP contribution in [0.1, 0.15) is 25.2 Å². The minimum Gasteiger partial charge on any atom is -0.313 e. The van der Waals surface area contributed by atoms with E-state index in [2.05, 4.69) is 36.2 Å². The summed E-state index contributed by atoms with van der Waals surface area (Å²) in [6.07, 6.45) is 0. The number of hydrogen-bond donors (Lipinski definition) is 1. The molecule has 4 nitrogen and oxygen atoms in total. The zero-order valence-electron chi connectivity index (χ0n) is 11.4. The summed E-state index contributed by atoms with van der Waals surface area (Å²) in [7, 11) is 4.04. The maximum Gasteiger partial charge on any atom is 0.0860 e. The van der Waals surface area contributed by atoms with Crippen LogP contribution in [-0.2, 0) is 13.6 Å². The smallest absolute Gasteiger partial charge is 0.0860 e. The molecule has 0 spiro atoms. The van der Waals surface area contributed by atoms with Gasteiger partial charge < -0.3 is 5.32 Å². The van der Waals surface area contributed by atoms with Gasteiger partial charge in [-0.3, -0.25) is 9.58 Å². The highest BCUT2D eigenvalue weighted by Crippen LogP contribution is 2.20. The number of nitrogens with zero attached hydrogens (tertiary/aromatic N) is 3. The Bertz CT molecular complexity index is 360. The second-order valence-electron chi connectivity index (χ2n) is 4.82. The third kappa shape index (κ3) is 4.30. The summed E-state index contributed by atoms with van der Waals surface area (Å²) in [5, 5.41) is 8.50. The third-order valence-electron chi connectivity index (χ3n) is 2.73. The van der Waals surface area contributed by atoms with Crippen LogP contribution in [0.5, 0.6) is 0 Å². The summed E-state index contributed by atoms with van der Waals surface area (Å²) in [4.78, 5) is 2.25. The molecule has 0 aliphatic carbocycles. The fourth-order valence-corrected chi connectivity index (χ4v) is 1.95. The predicted octanol–water partition coefficient (Wildman–Crippen LogP) is 1.81. The second-order valence-corrected chi connectivity index (χ2v) is 5.19. The summed E-state index contributed by atoms with van der Waals surface area (Å²) >= 11 is 6.22. The van der Waals surface area contributed by atoms with E-state index >= 15 is 0 Å². The summed E-state index contributed by atoms with van der Waals surface area (Å²) in [6.45, 7) is 9.06. The summed E-state index contributed by atoms with van der Waals surface area (Å²) in [5.74, 6) is 0. The standard InChI is InChI=1S/C12H23ClN4/c1-9(2)14-6-7-16(4)8-11-12(13)10(3)15-17(11)5/h9,14H,6-8H2,1-5H3. The van der Waals surface area contributed by atoms with Gasteiger partial charge in [0.25, 0.3) is 0 Å². The molecule has 1 rings (SSSR count). The van der Waals surface area contributed by atoms with Crippen molar-refractivity contribution in [2.75, 3.05) is 20.1 Å². The number of nitrogens with one attached hydrogen (secondary N) is 1. The molecule has 1 aromatic rings. The highest BCUT2D eigenvalue weighted by molar-refractivity contribution is 6.31. The Morgan fingerprint density at radius 2 is 2.12 bits per heavy atom. The molecule has 1 heterocycles. The first kappa shape index (κ1) is 14.5. The lowest BCUT2D eigenvalue weighted by Crippen LogP contribution is -2.33. The molecule has 0 radical (unpaired) electrons. The predicted molar refractivity (Wildman–Crippen MR) is 72.4 cm³/mol. The minimum absolute atomic E-state index is 0.533. The van der Waals surface area contributed by atoms with Crippen molar-refractivity contribution in [3.63, 3.8) is 0 Å². The van der Waals surface area contributed by atoms with Crippen LogP contribution in [-0.4, -0.2) is 40.9 Å². The maximum atomic E-state index is 6.22. The van der Waals surface area contributed by atoms with Gasteiger partial charge in [0, 0.05) is 32.7 Å². The van der Waals surface area contributed by atoms with Gasteiger partial charge in [0.2, 0.25) is 0 Å². The molecule has 0 amide bonds. The zero-order chi connectivity index (χ0) is 13.0. The fourth-order valence-electron chi connectivity index (χ4n) is 1.73. The van der Waals surface area contributed by atoms with Gasteiger partial charge in [0.15, 0.2) is 0 Å². The molecule has 1 N–H and O–H groups in total. The van der Waals surface area contributed by atoms with Gasteiger partial charge in [-0.15, -0.1) is 0 Å². The summed E-state index contributed by atoms with van der Waals surface area (Å²) in [6, 6.07) is 0.533. The Hall–Kier alpha value is -0.580. The molecule has 0 aromatic carbocycles. The molecular formula is C12H23ClN4. The van der Waals surface area contributed by atoms with Crippen molar-refractivity contribution in [3.8, 4) is 0 Å². The number of likely N-dealkylation sites (N-methyl/N-ethyl adjacent to an activating group) is 1. The highest BCUT2D eigenvalue weighted by Gasteiger charge is 2.12. The number of aromatic nitrogens is 2. The molecular weight excluding hydrogens is 236 g/mol. The van der Waals surface area contributed by atoms with Crippen molar-refractivity contribution in [3.05, 3.63) is 16.4 Å². The van der Waals surface area contributed by atoms with E-state index in [1.807, 2.05) is 18.7 Å². The molecule has 0 saturated carbocycles. The van der Waals surface area contributed by atoms with Crippen LogP contribution in [0.2, 0.25) is 5.02 Å². The van der Waals surface area contributed by atoms with E-state index in [1.54, 1.807) is 0 Å². The van der Waals surface area contributed by atoms with Crippen LogP contribution in [0.4, 0.5) is 0 Å². The molecule has 0 fully saturated rings. The SMILES string of the molecule is Cc1nn(C)c(CN(C)CCNC(C)C)c1Cl. The molecule has 0 bridgehead atoms. The molecule has 17 heavy (non-hydrogen) atoms. The molecule has 0 aliphatic rings. The Labute approximate surface area is 109 Å². The van der Waals surface area contributed by atoms with Crippen LogP contribution in [0, 0.1) is 6.92 Å². The van der Waals surface area contributed by atoms with Gasteiger partial charge in [-0.05, 0) is 14.0 Å². The second kappa shape index (κ2) is 6.38. The lowest BCUT2D eigenvalue weighted by Gasteiger charge is -2.18. The Balaban J connectivity index is 2.47. The van der Waals surface area contributed by atoms with Crippen molar-refractivity contribution in [1.82, 2.24) is 20.0 Å². The van der Waals surface area contributed by atoms with E-state index in [0.29, 0.717) is 6.04 Å².